The van der Waals surface area contributed by atoms with E-state index in [1.54, 1.807) is 12.3 Å². The van der Waals surface area contributed by atoms with Gasteiger partial charge in [-0.1, -0.05) is 18.2 Å². The SMILES string of the molecule is C/C=C/C=C/C=N/NC(N)=S. The number of nitrogens with one attached hydrogen (secondary N) is 1. The maximum atomic E-state index is 5.10. The van der Waals surface area contributed by atoms with Crippen molar-refractivity contribution in [3.63, 3.8) is 0 Å². The van der Waals surface area contributed by atoms with Gasteiger partial charge in [0.05, 0.1) is 0 Å². The van der Waals surface area contributed by atoms with Crippen molar-refractivity contribution in [2.24, 2.45) is 10.8 Å². The number of nitrogens with zero attached hydrogens (tertiary/aromatic N) is 1. The van der Waals surface area contributed by atoms with Crippen LogP contribution in [0.25, 0.3) is 0 Å². The molecule has 0 saturated heterocycles. The normalized spacial score (nSPS) is 11.7. The van der Waals surface area contributed by atoms with Crippen molar-refractivity contribution >= 4 is 23.5 Å². The van der Waals surface area contributed by atoms with Gasteiger partial charge in [0.1, 0.15) is 0 Å². The number of allylic oxidation sites excluding steroid dienone is 4. The maximum absolute atomic E-state index is 5.10. The van der Waals surface area contributed by atoms with E-state index in [0.717, 1.165) is 0 Å². The Kier molecular flexibility index (Phi) is 6.22. The fourth-order valence-corrected chi connectivity index (χ4v) is 0.422. The first kappa shape index (κ1) is 9.84. The van der Waals surface area contributed by atoms with Crippen molar-refractivity contribution in [2.75, 3.05) is 0 Å². The van der Waals surface area contributed by atoms with Gasteiger partial charge in [0.15, 0.2) is 5.11 Å². The lowest BCUT2D eigenvalue weighted by Gasteiger charge is -1.89. The predicted molar refractivity (Wildman–Crippen MR) is 52.4 cm³/mol. The number of hydrogen-bond acceptors (Lipinski definition) is 2. The number of nitrogens with two attached hydrogens (primary N) is 1. The Morgan fingerprint density at radius 1 is 1.45 bits per heavy atom. The summed E-state index contributed by atoms with van der Waals surface area (Å²) in [6.45, 7) is 1.94. The molecule has 0 aliphatic rings. The van der Waals surface area contributed by atoms with Gasteiger partial charge in [-0.2, -0.15) is 5.10 Å². The Bertz CT molecular complexity index is 194. The lowest BCUT2D eigenvalue weighted by Crippen LogP contribution is -2.23. The zero-order valence-electron chi connectivity index (χ0n) is 6.32. The predicted octanol–water partition coefficient (Wildman–Crippen LogP) is 0.938. The Morgan fingerprint density at radius 3 is 2.73 bits per heavy atom. The second-order valence-electron chi connectivity index (χ2n) is 1.66. The fraction of sp³-hybridized carbons (Fsp3) is 0.143. The highest BCUT2D eigenvalue weighted by Gasteiger charge is 1.74. The van der Waals surface area contributed by atoms with Gasteiger partial charge in [-0.15, -0.1) is 0 Å². The third-order valence-electron chi connectivity index (χ3n) is 0.750. The topological polar surface area (TPSA) is 50.4 Å². The van der Waals surface area contributed by atoms with Crippen LogP contribution in [0.15, 0.2) is 29.4 Å². The fourth-order valence-electron chi connectivity index (χ4n) is 0.369. The van der Waals surface area contributed by atoms with E-state index in [0.29, 0.717) is 0 Å². The molecule has 0 saturated carbocycles. The molecule has 0 unspecified atom stereocenters. The van der Waals surface area contributed by atoms with E-state index in [1.807, 2.05) is 25.2 Å². The Hall–Kier alpha value is -1.16. The van der Waals surface area contributed by atoms with E-state index >= 15 is 0 Å². The highest BCUT2D eigenvalue weighted by molar-refractivity contribution is 7.80. The average molecular weight is 169 g/mol. The van der Waals surface area contributed by atoms with E-state index in [-0.39, 0.29) is 5.11 Å². The molecule has 0 rings (SSSR count). The van der Waals surface area contributed by atoms with Crippen LogP contribution in [0.4, 0.5) is 0 Å². The van der Waals surface area contributed by atoms with Crippen molar-refractivity contribution in [2.45, 2.75) is 6.92 Å². The van der Waals surface area contributed by atoms with Crippen LogP contribution in [-0.4, -0.2) is 11.3 Å². The van der Waals surface area contributed by atoms with E-state index in [1.165, 1.54) is 0 Å². The minimum absolute atomic E-state index is 0.167. The monoisotopic (exact) mass is 169 g/mol. The van der Waals surface area contributed by atoms with Gasteiger partial charge in [0, 0.05) is 6.21 Å². The quantitative estimate of drug-likeness (QED) is 0.286. The molecule has 0 heterocycles. The number of hydrogen-bond donors (Lipinski definition) is 2. The Balaban J connectivity index is 3.51. The number of hydrazone groups is 1. The summed E-state index contributed by atoms with van der Waals surface area (Å²) in [5, 5.41) is 3.85. The second-order valence-corrected chi connectivity index (χ2v) is 2.10. The molecule has 0 atom stereocenters. The summed E-state index contributed by atoms with van der Waals surface area (Å²) in [6, 6.07) is 0. The van der Waals surface area contributed by atoms with E-state index in [4.69, 9.17) is 5.73 Å². The molecule has 0 radical (unpaired) electrons. The molecule has 0 aromatic heterocycles. The van der Waals surface area contributed by atoms with Crippen LogP contribution in [-0.2, 0) is 0 Å². The molecule has 60 valence electrons. The maximum Gasteiger partial charge on any atom is 0.184 e. The number of rotatable bonds is 3. The molecule has 11 heavy (non-hydrogen) atoms. The molecule has 0 aromatic rings. The second kappa shape index (κ2) is 6.95. The molecule has 0 aliphatic heterocycles. The van der Waals surface area contributed by atoms with Gasteiger partial charge in [0.25, 0.3) is 0 Å². The third kappa shape index (κ3) is 8.84. The molecular formula is C7H11N3S. The van der Waals surface area contributed by atoms with Crippen LogP contribution in [0, 0.1) is 0 Å². The average Bonchev–Trinajstić information content (AvgIpc) is 1.96. The molecule has 0 aliphatic carbocycles. The largest absolute Gasteiger partial charge is 0.375 e. The lowest BCUT2D eigenvalue weighted by molar-refractivity contribution is 1.04. The van der Waals surface area contributed by atoms with Gasteiger partial charge in [-0.25, -0.2) is 0 Å². The van der Waals surface area contributed by atoms with Crippen molar-refractivity contribution < 1.29 is 0 Å². The van der Waals surface area contributed by atoms with Crippen molar-refractivity contribution in [3.8, 4) is 0 Å². The van der Waals surface area contributed by atoms with Crippen LogP contribution >= 0.6 is 12.2 Å². The molecule has 0 spiro atoms. The Morgan fingerprint density at radius 2 is 2.18 bits per heavy atom. The highest BCUT2D eigenvalue weighted by Crippen LogP contribution is 1.72. The first-order valence-electron chi connectivity index (χ1n) is 3.14. The van der Waals surface area contributed by atoms with E-state index < -0.39 is 0 Å². The first-order chi connectivity index (χ1) is 5.27. The third-order valence-corrected chi connectivity index (χ3v) is 0.841. The minimum Gasteiger partial charge on any atom is -0.375 e. The highest BCUT2D eigenvalue weighted by atomic mass is 32.1. The van der Waals surface area contributed by atoms with E-state index in [9.17, 15) is 0 Å². The summed E-state index contributed by atoms with van der Waals surface area (Å²) >= 11 is 4.51. The van der Waals surface area contributed by atoms with Gasteiger partial charge in [0.2, 0.25) is 0 Å². The summed E-state index contributed by atoms with van der Waals surface area (Å²) in [6.07, 6.45) is 9.01. The standard InChI is InChI=1S/C7H11N3S/c1-2-3-4-5-6-9-10-7(8)11/h2-6H,1H3,(H3,8,10,11)/b3-2+,5-4+,9-6+. The van der Waals surface area contributed by atoms with Gasteiger partial charge in [-0.3, -0.25) is 5.43 Å². The van der Waals surface area contributed by atoms with Crippen LogP contribution in [0.3, 0.4) is 0 Å². The van der Waals surface area contributed by atoms with Crippen LogP contribution in [0.5, 0.6) is 0 Å². The van der Waals surface area contributed by atoms with Crippen LogP contribution in [0.1, 0.15) is 6.92 Å². The Labute approximate surface area is 71.7 Å². The van der Waals surface area contributed by atoms with Crippen LogP contribution in [0.2, 0.25) is 0 Å². The van der Waals surface area contributed by atoms with Gasteiger partial charge < -0.3 is 5.73 Å². The zero-order valence-corrected chi connectivity index (χ0v) is 7.14. The van der Waals surface area contributed by atoms with Gasteiger partial charge >= 0.3 is 0 Å². The summed E-state index contributed by atoms with van der Waals surface area (Å²) in [7, 11) is 0. The molecule has 0 amide bonds. The summed E-state index contributed by atoms with van der Waals surface area (Å²) in [4.78, 5) is 0. The van der Waals surface area contributed by atoms with Gasteiger partial charge in [-0.05, 0) is 25.2 Å². The van der Waals surface area contributed by atoms with Crippen molar-refractivity contribution in [3.05, 3.63) is 24.3 Å². The molecular weight excluding hydrogens is 158 g/mol. The molecule has 0 fully saturated rings. The summed E-state index contributed by atoms with van der Waals surface area (Å²) < 4.78 is 0. The molecule has 4 heteroatoms. The lowest BCUT2D eigenvalue weighted by atomic mass is 10.4. The van der Waals surface area contributed by atoms with Crippen molar-refractivity contribution in [1.29, 1.82) is 0 Å². The molecule has 0 aromatic carbocycles. The molecule has 0 bridgehead atoms. The smallest absolute Gasteiger partial charge is 0.184 e. The molecule has 3 N–H and O–H groups in total. The minimum atomic E-state index is 0.167. The zero-order chi connectivity index (χ0) is 8.53. The van der Waals surface area contributed by atoms with Crippen LogP contribution < -0.4 is 11.2 Å². The molecule has 3 nitrogen and oxygen atoms in total. The first-order valence-corrected chi connectivity index (χ1v) is 3.54. The van der Waals surface area contributed by atoms with Crippen molar-refractivity contribution in [1.82, 2.24) is 5.43 Å². The summed E-state index contributed by atoms with van der Waals surface area (Å²) in [5.74, 6) is 0. The van der Waals surface area contributed by atoms with E-state index in [2.05, 4.69) is 22.7 Å². The number of thiocarbonyl (C=S) groups is 1. The summed E-state index contributed by atoms with van der Waals surface area (Å²) in [5.41, 5.74) is 7.53.